The van der Waals surface area contributed by atoms with Crippen LogP contribution < -0.4 is 0 Å². The first-order valence-electron chi connectivity index (χ1n) is 15.9. The molecular weight excluding hydrogens is 708 g/mol. The van der Waals surface area contributed by atoms with Gasteiger partial charge in [0.1, 0.15) is 44.2 Å². The summed E-state index contributed by atoms with van der Waals surface area (Å²) in [5, 5.41) is 0. The maximum Gasteiger partial charge on any atom is 0.305 e. The molecule has 0 amide bonds. The molecule has 3 saturated heterocycles. The van der Waals surface area contributed by atoms with Crippen molar-refractivity contribution in [3.05, 3.63) is 0 Å². The molecule has 0 aliphatic carbocycles. The first-order valence-corrected chi connectivity index (χ1v) is 15.9. The number of carbonyl (C=O) groups is 8. The molecular formula is C31H42O21. The Morgan fingerprint density at radius 1 is 0.346 bits per heavy atom. The average molecular weight is 751 g/mol. The van der Waals surface area contributed by atoms with Crippen molar-refractivity contribution in [1.29, 1.82) is 0 Å². The van der Waals surface area contributed by atoms with Crippen molar-refractivity contribution in [1.82, 2.24) is 0 Å². The van der Waals surface area contributed by atoms with Gasteiger partial charge in [0, 0.05) is 55.4 Å². The molecule has 3 aliphatic rings. The first-order chi connectivity index (χ1) is 24.4. The van der Waals surface area contributed by atoms with E-state index in [1.54, 1.807) is 0 Å². The lowest BCUT2D eigenvalue weighted by Crippen LogP contribution is -2.49. The topological polar surface area (TPSA) is 257 Å². The van der Waals surface area contributed by atoms with Crippen molar-refractivity contribution in [2.24, 2.45) is 0 Å². The lowest BCUT2D eigenvalue weighted by molar-refractivity contribution is -0.267. The van der Waals surface area contributed by atoms with Crippen molar-refractivity contribution in [2.45, 2.75) is 129 Å². The van der Waals surface area contributed by atoms with Crippen LogP contribution in [0.15, 0.2) is 0 Å². The second-order valence-electron chi connectivity index (χ2n) is 11.6. The third kappa shape index (κ3) is 12.1. The maximum atomic E-state index is 12.4. The second kappa shape index (κ2) is 18.9. The Morgan fingerprint density at radius 3 is 1.02 bits per heavy atom. The summed E-state index contributed by atoms with van der Waals surface area (Å²) in [6.45, 7) is 7.17. The largest absolute Gasteiger partial charge is 0.463 e. The normalized spacial score (nSPS) is 32.2. The van der Waals surface area contributed by atoms with Crippen LogP contribution in [0, 0.1) is 0 Å². The van der Waals surface area contributed by atoms with E-state index in [-0.39, 0.29) is 0 Å². The third-order valence-corrected chi connectivity index (χ3v) is 7.23. The Kier molecular flexibility index (Phi) is 15.2. The van der Waals surface area contributed by atoms with Gasteiger partial charge in [0.2, 0.25) is 6.29 Å². The molecule has 3 heterocycles. The first kappa shape index (κ1) is 42.0. The van der Waals surface area contributed by atoms with Crippen molar-refractivity contribution >= 4 is 47.8 Å². The monoisotopic (exact) mass is 750 g/mol. The van der Waals surface area contributed by atoms with Crippen LogP contribution >= 0.6 is 0 Å². The Labute approximate surface area is 296 Å². The Morgan fingerprint density at radius 2 is 0.635 bits per heavy atom. The molecule has 3 fully saturated rings. The molecule has 0 bridgehead atoms. The summed E-state index contributed by atoms with van der Waals surface area (Å²) in [6.07, 6.45) is -17.6. The van der Waals surface area contributed by atoms with Crippen molar-refractivity contribution < 1.29 is 99.9 Å². The van der Waals surface area contributed by atoms with Gasteiger partial charge in [0.05, 0.1) is 0 Å². The van der Waals surface area contributed by atoms with Crippen LogP contribution in [-0.2, 0) is 99.9 Å². The fourth-order valence-electron chi connectivity index (χ4n) is 5.47. The molecule has 21 nitrogen and oxygen atoms in total. The lowest BCUT2D eigenvalue weighted by Gasteiger charge is -2.31. The number of ether oxygens (including phenoxy) is 13. The molecule has 0 N–H and O–H groups in total. The van der Waals surface area contributed by atoms with Gasteiger partial charge in [-0.15, -0.1) is 0 Å². The molecule has 0 aromatic rings. The number of esters is 8. The van der Waals surface area contributed by atoms with Gasteiger partial charge in [-0.25, -0.2) is 0 Å². The summed E-state index contributed by atoms with van der Waals surface area (Å²) in [5.74, 6) is -6.37. The summed E-state index contributed by atoms with van der Waals surface area (Å²) in [4.78, 5) is 95.8. The van der Waals surface area contributed by atoms with Crippen LogP contribution in [0.3, 0.4) is 0 Å². The van der Waals surface area contributed by atoms with E-state index in [2.05, 4.69) is 0 Å². The lowest BCUT2D eigenvalue weighted by atomic mass is 10.1. The molecule has 12 unspecified atom stereocenters. The van der Waals surface area contributed by atoms with Crippen LogP contribution in [0.5, 0.6) is 0 Å². The highest BCUT2D eigenvalue weighted by molar-refractivity contribution is 5.69. The van der Waals surface area contributed by atoms with Crippen LogP contribution in [-0.4, -0.2) is 141 Å². The minimum atomic E-state index is -1.69. The van der Waals surface area contributed by atoms with Gasteiger partial charge in [-0.1, -0.05) is 0 Å². The molecule has 292 valence electrons. The minimum absolute atomic E-state index is 0.479. The van der Waals surface area contributed by atoms with Crippen molar-refractivity contribution in [3.8, 4) is 0 Å². The Balaban J connectivity index is 2.09. The van der Waals surface area contributed by atoms with E-state index >= 15 is 0 Å². The summed E-state index contributed by atoms with van der Waals surface area (Å²) in [6, 6.07) is 0. The van der Waals surface area contributed by atoms with Gasteiger partial charge in [-0.3, -0.25) is 38.4 Å². The predicted molar refractivity (Wildman–Crippen MR) is 160 cm³/mol. The van der Waals surface area contributed by atoms with Crippen molar-refractivity contribution in [3.63, 3.8) is 0 Å². The summed E-state index contributed by atoms with van der Waals surface area (Å²) >= 11 is 0. The van der Waals surface area contributed by atoms with E-state index in [0.29, 0.717) is 0 Å². The molecule has 0 spiro atoms. The molecule has 3 aliphatic heterocycles. The van der Waals surface area contributed by atoms with Gasteiger partial charge < -0.3 is 61.6 Å². The third-order valence-electron chi connectivity index (χ3n) is 7.23. The predicted octanol–water partition coefficient (Wildman–Crippen LogP) is -1.09. The quantitative estimate of drug-likeness (QED) is 0.142. The molecule has 0 radical (unpaired) electrons. The summed E-state index contributed by atoms with van der Waals surface area (Å²) in [5.41, 5.74) is 0. The number of rotatable bonds is 15. The maximum absolute atomic E-state index is 12.4. The number of carbonyl (C=O) groups excluding carboxylic acids is 8. The zero-order valence-corrected chi connectivity index (χ0v) is 29.6. The van der Waals surface area contributed by atoms with Gasteiger partial charge in [0.15, 0.2) is 43.1 Å². The minimum Gasteiger partial charge on any atom is -0.463 e. The van der Waals surface area contributed by atoms with Crippen LogP contribution in [0.1, 0.15) is 55.4 Å². The smallest absolute Gasteiger partial charge is 0.305 e. The van der Waals surface area contributed by atoms with Crippen LogP contribution in [0.2, 0.25) is 0 Å². The number of hydrogen-bond acceptors (Lipinski definition) is 21. The van der Waals surface area contributed by atoms with Crippen LogP contribution in [0.25, 0.3) is 0 Å². The van der Waals surface area contributed by atoms with E-state index in [0.717, 1.165) is 55.4 Å². The van der Waals surface area contributed by atoms with E-state index in [1.165, 1.54) is 0 Å². The zero-order chi connectivity index (χ0) is 38.9. The molecule has 52 heavy (non-hydrogen) atoms. The highest BCUT2D eigenvalue weighted by atomic mass is 16.8. The summed E-state index contributed by atoms with van der Waals surface area (Å²) < 4.78 is 72.4. The SMILES string of the molecule is CC(=O)OCC1OC(OC2C(OC3C(COC(C)=O)OC(OC(C)=O)C3OC(C)=O)OC(COC(C)=O)C2OC(C)=O)C(OC(C)=O)C1OC(C)=O. The fourth-order valence-corrected chi connectivity index (χ4v) is 5.47. The second-order valence-corrected chi connectivity index (χ2v) is 11.6. The molecule has 12 atom stereocenters. The summed E-state index contributed by atoms with van der Waals surface area (Å²) in [7, 11) is 0. The molecule has 0 saturated carbocycles. The van der Waals surface area contributed by atoms with E-state index < -0.39 is 141 Å². The molecule has 3 rings (SSSR count). The van der Waals surface area contributed by atoms with E-state index in [9.17, 15) is 38.4 Å². The van der Waals surface area contributed by atoms with Gasteiger partial charge >= 0.3 is 47.8 Å². The van der Waals surface area contributed by atoms with Gasteiger partial charge in [0.25, 0.3) is 0 Å². The number of hydrogen-bond donors (Lipinski definition) is 0. The Hall–Kier alpha value is -4.44. The zero-order valence-electron chi connectivity index (χ0n) is 29.6. The average Bonchev–Trinajstić information content (AvgIpc) is 3.60. The van der Waals surface area contributed by atoms with Gasteiger partial charge in [-0.05, 0) is 0 Å². The Bertz CT molecular complexity index is 1350. The fraction of sp³-hybridized carbons (Fsp3) is 0.742. The van der Waals surface area contributed by atoms with Gasteiger partial charge in [-0.2, -0.15) is 0 Å². The highest BCUT2D eigenvalue weighted by Gasteiger charge is 2.59. The molecule has 0 aromatic heterocycles. The van der Waals surface area contributed by atoms with Crippen LogP contribution in [0.4, 0.5) is 0 Å². The standard InChI is InChI=1S/C31H42O21/c1-12(32)40-9-20-23(43-15(4)35)26(45-17(6)37)30(49-20)52-28-24(44-16(5)36)21(10-41-13(2)33)50-31(28)51-25-22(11-42-14(3)34)48-29(47-19(8)39)27(25)46-18(7)38/h20-31H,9-11H2,1-8H3. The molecule has 21 heteroatoms. The molecule has 0 aromatic carbocycles. The van der Waals surface area contributed by atoms with Crippen molar-refractivity contribution in [2.75, 3.05) is 19.8 Å². The highest BCUT2D eigenvalue weighted by Crippen LogP contribution is 2.38. The van der Waals surface area contributed by atoms with E-state index in [1.807, 2.05) is 0 Å². The van der Waals surface area contributed by atoms with E-state index in [4.69, 9.17) is 61.6 Å².